The standard InChI is InChI=1S/C18H23ClN4O2/c19-16-3-1-14(2-4-16)11-22-6-8-23(9-7-22)12-17-20-21-18(25-17)15-5-10-24-13-15/h1-4,15H,5-13H2. The lowest BCUT2D eigenvalue weighted by molar-refractivity contribution is 0.113. The lowest BCUT2D eigenvalue weighted by Crippen LogP contribution is -2.45. The van der Waals surface area contributed by atoms with E-state index < -0.39 is 0 Å². The Morgan fingerprint density at radius 3 is 2.40 bits per heavy atom. The van der Waals surface area contributed by atoms with Gasteiger partial charge >= 0.3 is 0 Å². The van der Waals surface area contributed by atoms with Gasteiger partial charge in [0, 0.05) is 44.4 Å². The van der Waals surface area contributed by atoms with Crippen LogP contribution < -0.4 is 0 Å². The van der Waals surface area contributed by atoms with Crippen molar-refractivity contribution in [2.24, 2.45) is 0 Å². The summed E-state index contributed by atoms with van der Waals surface area (Å²) in [6, 6.07) is 8.11. The van der Waals surface area contributed by atoms with Gasteiger partial charge in [0.25, 0.3) is 0 Å². The Hall–Kier alpha value is -1.47. The van der Waals surface area contributed by atoms with Crippen molar-refractivity contribution in [2.45, 2.75) is 25.4 Å². The molecule has 2 fully saturated rings. The van der Waals surface area contributed by atoms with Crippen LogP contribution in [0.3, 0.4) is 0 Å². The van der Waals surface area contributed by atoms with E-state index >= 15 is 0 Å². The lowest BCUT2D eigenvalue weighted by atomic mass is 10.1. The van der Waals surface area contributed by atoms with Gasteiger partial charge in [0.1, 0.15) is 0 Å². The number of ether oxygens (including phenoxy) is 1. The van der Waals surface area contributed by atoms with Crippen LogP contribution in [0, 0.1) is 0 Å². The normalized spacial score (nSPS) is 22.5. The lowest BCUT2D eigenvalue weighted by Gasteiger charge is -2.33. The molecule has 0 amide bonds. The van der Waals surface area contributed by atoms with Crippen molar-refractivity contribution in [3.05, 3.63) is 46.6 Å². The summed E-state index contributed by atoms with van der Waals surface area (Å²) < 4.78 is 11.2. The Balaban J connectivity index is 1.25. The number of rotatable bonds is 5. The number of hydrogen-bond donors (Lipinski definition) is 0. The molecule has 1 unspecified atom stereocenters. The topological polar surface area (TPSA) is 54.6 Å². The molecule has 0 aliphatic carbocycles. The maximum Gasteiger partial charge on any atom is 0.230 e. The molecule has 1 atom stereocenters. The average Bonchev–Trinajstić information content (AvgIpc) is 3.30. The Morgan fingerprint density at radius 2 is 1.72 bits per heavy atom. The number of piperazine rings is 1. The highest BCUT2D eigenvalue weighted by molar-refractivity contribution is 6.30. The number of halogens is 1. The molecule has 25 heavy (non-hydrogen) atoms. The second kappa shape index (κ2) is 7.83. The fraction of sp³-hybridized carbons (Fsp3) is 0.556. The quantitative estimate of drug-likeness (QED) is 0.814. The third-order valence-electron chi connectivity index (χ3n) is 4.90. The molecule has 4 rings (SSSR count). The van der Waals surface area contributed by atoms with Crippen LogP contribution in [0.2, 0.25) is 5.02 Å². The Kier molecular flexibility index (Phi) is 5.31. The minimum absolute atomic E-state index is 0.275. The molecule has 0 N–H and O–H groups in total. The monoisotopic (exact) mass is 362 g/mol. The van der Waals surface area contributed by atoms with E-state index in [-0.39, 0.29) is 5.92 Å². The van der Waals surface area contributed by atoms with Gasteiger partial charge in [-0.25, -0.2) is 0 Å². The van der Waals surface area contributed by atoms with Gasteiger partial charge in [-0.05, 0) is 24.1 Å². The fourth-order valence-electron chi connectivity index (χ4n) is 3.37. The first-order chi connectivity index (χ1) is 12.3. The van der Waals surface area contributed by atoms with Gasteiger partial charge < -0.3 is 9.15 Å². The molecule has 1 aromatic carbocycles. The summed E-state index contributed by atoms with van der Waals surface area (Å²) in [5.41, 5.74) is 1.30. The SMILES string of the molecule is Clc1ccc(CN2CCN(Cc3nnc(C4CCOC4)o3)CC2)cc1. The van der Waals surface area contributed by atoms with Crippen molar-refractivity contribution >= 4 is 11.6 Å². The first-order valence-electron chi connectivity index (χ1n) is 8.85. The molecule has 0 spiro atoms. The van der Waals surface area contributed by atoms with Crippen LogP contribution in [0.4, 0.5) is 0 Å². The van der Waals surface area contributed by atoms with E-state index in [0.29, 0.717) is 12.5 Å². The van der Waals surface area contributed by atoms with Gasteiger partial charge in [0.15, 0.2) is 0 Å². The molecule has 2 aliphatic heterocycles. The van der Waals surface area contributed by atoms with Gasteiger partial charge in [0.05, 0.1) is 19.1 Å². The number of hydrogen-bond acceptors (Lipinski definition) is 6. The Labute approximate surface area is 152 Å². The van der Waals surface area contributed by atoms with Crippen LogP contribution in [0.1, 0.15) is 29.7 Å². The third kappa shape index (κ3) is 4.39. The van der Waals surface area contributed by atoms with Crippen LogP contribution in [0.5, 0.6) is 0 Å². The first kappa shape index (κ1) is 17.0. The summed E-state index contributed by atoms with van der Waals surface area (Å²) in [7, 11) is 0. The molecule has 6 nitrogen and oxygen atoms in total. The summed E-state index contributed by atoms with van der Waals surface area (Å²) in [6.07, 6.45) is 0.977. The molecule has 0 saturated carbocycles. The zero-order valence-corrected chi connectivity index (χ0v) is 15.0. The van der Waals surface area contributed by atoms with Crippen LogP contribution in [-0.4, -0.2) is 59.4 Å². The molecular weight excluding hydrogens is 340 g/mol. The van der Waals surface area contributed by atoms with Crippen LogP contribution in [-0.2, 0) is 17.8 Å². The minimum Gasteiger partial charge on any atom is -0.423 e. The fourth-order valence-corrected chi connectivity index (χ4v) is 3.50. The van der Waals surface area contributed by atoms with Crippen molar-refractivity contribution in [3.63, 3.8) is 0 Å². The van der Waals surface area contributed by atoms with Crippen molar-refractivity contribution in [3.8, 4) is 0 Å². The molecule has 0 bridgehead atoms. The van der Waals surface area contributed by atoms with Crippen molar-refractivity contribution in [2.75, 3.05) is 39.4 Å². The number of nitrogens with zero attached hydrogens (tertiary/aromatic N) is 4. The van der Waals surface area contributed by atoms with Crippen LogP contribution >= 0.6 is 11.6 Å². The molecule has 2 aromatic rings. The van der Waals surface area contributed by atoms with E-state index in [0.717, 1.165) is 63.2 Å². The Morgan fingerprint density at radius 1 is 1.00 bits per heavy atom. The molecule has 7 heteroatoms. The van der Waals surface area contributed by atoms with Crippen molar-refractivity contribution in [1.82, 2.24) is 20.0 Å². The van der Waals surface area contributed by atoms with E-state index in [4.69, 9.17) is 20.8 Å². The summed E-state index contributed by atoms with van der Waals surface area (Å²) in [5, 5.41) is 9.20. The van der Waals surface area contributed by atoms with E-state index in [9.17, 15) is 0 Å². The highest BCUT2D eigenvalue weighted by Crippen LogP contribution is 2.24. The van der Waals surface area contributed by atoms with Gasteiger partial charge in [-0.2, -0.15) is 0 Å². The molecule has 1 aromatic heterocycles. The third-order valence-corrected chi connectivity index (χ3v) is 5.16. The minimum atomic E-state index is 0.275. The zero-order chi connectivity index (χ0) is 17.1. The van der Waals surface area contributed by atoms with Gasteiger partial charge in [-0.1, -0.05) is 23.7 Å². The van der Waals surface area contributed by atoms with Gasteiger partial charge in [-0.3, -0.25) is 9.80 Å². The molecule has 3 heterocycles. The smallest absolute Gasteiger partial charge is 0.230 e. The molecular formula is C18H23ClN4O2. The second-order valence-electron chi connectivity index (χ2n) is 6.77. The van der Waals surface area contributed by atoms with E-state index in [1.165, 1.54) is 5.56 Å². The van der Waals surface area contributed by atoms with Crippen molar-refractivity contribution < 1.29 is 9.15 Å². The summed E-state index contributed by atoms with van der Waals surface area (Å²) >= 11 is 5.95. The molecule has 2 aliphatic rings. The Bertz CT molecular complexity index is 677. The van der Waals surface area contributed by atoms with Gasteiger partial charge in [0.2, 0.25) is 11.8 Å². The number of aromatic nitrogens is 2. The van der Waals surface area contributed by atoms with Crippen molar-refractivity contribution in [1.29, 1.82) is 0 Å². The molecule has 2 saturated heterocycles. The van der Waals surface area contributed by atoms with Crippen LogP contribution in [0.25, 0.3) is 0 Å². The predicted molar refractivity (Wildman–Crippen MR) is 94.5 cm³/mol. The van der Waals surface area contributed by atoms with E-state index in [1.807, 2.05) is 12.1 Å². The molecule has 0 radical (unpaired) electrons. The van der Waals surface area contributed by atoms with E-state index in [2.05, 4.69) is 32.1 Å². The largest absolute Gasteiger partial charge is 0.423 e. The summed E-state index contributed by atoms with van der Waals surface area (Å²) in [6.45, 7) is 7.30. The highest BCUT2D eigenvalue weighted by Gasteiger charge is 2.24. The second-order valence-corrected chi connectivity index (χ2v) is 7.21. The summed E-state index contributed by atoms with van der Waals surface area (Å²) in [5.74, 6) is 1.72. The average molecular weight is 363 g/mol. The van der Waals surface area contributed by atoms with E-state index in [1.54, 1.807) is 0 Å². The maximum atomic E-state index is 5.95. The molecule has 134 valence electrons. The zero-order valence-electron chi connectivity index (χ0n) is 14.2. The predicted octanol–water partition coefficient (Wildman–Crippen LogP) is 2.54. The highest BCUT2D eigenvalue weighted by atomic mass is 35.5. The summed E-state index contributed by atoms with van der Waals surface area (Å²) in [4.78, 5) is 4.84. The van der Waals surface area contributed by atoms with Crippen LogP contribution in [0.15, 0.2) is 28.7 Å². The first-order valence-corrected chi connectivity index (χ1v) is 9.23. The van der Waals surface area contributed by atoms with Gasteiger partial charge in [-0.15, -0.1) is 10.2 Å². The number of benzene rings is 1. The maximum absolute atomic E-state index is 5.95.